The van der Waals surface area contributed by atoms with Gasteiger partial charge in [-0.3, -0.25) is 5.41 Å². The second-order valence-corrected chi connectivity index (χ2v) is 5.66. The van der Waals surface area contributed by atoms with Crippen molar-refractivity contribution in [2.45, 2.75) is 26.2 Å². The third-order valence-electron chi connectivity index (χ3n) is 2.99. The quantitative estimate of drug-likeness (QED) is 0.634. The first kappa shape index (κ1) is 14.5. The fourth-order valence-electron chi connectivity index (χ4n) is 2.01. The van der Waals surface area contributed by atoms with Crippen LogP contribution in [0, 0.1) is 5.41 Å². The van der Waals surface area contributed by atoms with Gasteiger partial charge in [-0.2, -0.15) is 0 Å². The fraction of sp³-hybridized carbons (Fsp3) is 0.333. The van der Waals surface area contributed by atoms with Crippen LogP contribution in [0.15, 0.2) is 24.3 Å². The Hall–Kier alpha value is -1.88. The number of thiazole rings is 1. The molecule has 0 saturated heterocycles. The Kier molecular flexibility index (Phi) is 4.74. The van der Waals surface area contributed by atoms with Crippen molar-refractivity contribution in [3.63, 3.8) is 0 Å². The molecule has 1 heterocycles. The number of nitrogens with one attached hydrogen (secondary N) is 1. The average molecular weight is 289 g/mol. The van der Waals surface area contributed by atoms with Gasteiger partial charge in [-0.1, -0.05) is 25.5 Å². The Bertz CT molecular complexity index is 590. The molecule has 0 radical (unpaired) electrons. The van der Waals surface area contributed by atoms with Gasteiger partial charge in [0.05, 0.1) is 22.7 Å². The molecule has 0 atom stereocenters. The van der Waals surface area contributed by atoms with Gasteiger partial charge in [0.25, 0.3) is 0 Å². The number of methoxy groups -OCH3 is 1. The van der Waals surface area contributed by atoms with Gasteiger partial charge in [-0.15, -0.1) is 11.3 Å². The van der Waals surface area contributed by atoms with Gasteiger partial charge >= 0.3 is 0 Å². The number of aromatic nitrogens is 1. The lowest BCUT2D eigenvalue weighted by molar-refractivity contribution is 0.414. The van der Waals surface area contributed by atoms with Gasteiger partial charge in [0.1, 0.15) is 11.6 Å². The Labute approximate surface area is 123 Å². The molecule has 1 aromatic carbocycles. The number of hydrogen-bond acceptors (Lipinski definition) is 4. The van der Waals surface area contributed by atoms with Crippen LogP contribution < -0.4 is 10.5 Å². The first-order valence-corrected chi connectivity index (χ1v) is 7.41. The number of hydrogen-bond donors (Lipinski definition) is 2. The number of aryl methyl sites for hydroxylation is 1. The van der Waals surface area contributed by atoms with Crippen molar-refractivity contribution in [1.82, 2.24) is 4.98 Å². The summed E-state index contributed by atoms with van der Waals surface area (Å²) >= 11 is 1.52. The Morgan fingerprint density at radius 3 is 2.60 bits per heavy atom. The van der Waals surface area contributed by atoms with Crippen LogP contribution in [0.2, 0.25) is 0 Å². The Morgan fingerprint density at radius 1 is 1.35 bits per heavy atom. The van der Waals surface area contributed by atoms with E-state index in [0.717, 1.165) is 40.6 Å². The van der Waals surface area contributed by atoms with Crippen LogP contribution in [0.3, 0.4) is 0 Å². The van der Waals surface area contributed by atoms with Gasteiger partial charge in [0.15, 0.2) is 0 Å². The molecular weight excluding hydrogens is 270 g/mol. The van der Waals surface area contributed by atoms with Gasteiger partial charge in [0, 0.05) is 6.42 Å². The predicted octanol–water partition coefficient (Wildman–Crippen LogP) is 2.98. The average Bonchev–Trinajstić information content (AvgIpc) is 2.83. The summed E-state index contributed by atoms with van der Waals surface area (Å²) in [6.07, 6.45) is 2.64. The highest BCUT2D eigenvalue weighted by Gasteiger charge is 2.13. The summed E-state index contributed by atoms with van der Waals surface area (Å²) in [5, 5.41) is 8.64. The molecule has 0 aliphatic heterocycles. The molecule has 3 N–H and O–H groups in total. The minimum absolute atomic E-state index is 0.118. The van der Waals surface area contributed by atoms with E-state index in [2.05, 4.69) is 11.9 Å². The number of benzene rings is 1. The third kappa shape index (κ3) is 3.36. The first-order chi connectivity index (χ1) is 9.63. The fourth-order valence-corrected chi connectivity index (χ4v) is 3.02. The monoisotopic (exact) mass is 289 g/mol. The van der Waals surface area contributed by atoms with Crippen molar-refractivity contribution in [3.8, 4) is 5.75 Å². The van der Waals surface area contributed by atoms with Crippen molar-refractivity contribution in [2.24, 2.45) is 5.73 Å². The normalized spacial score (nSPS) is 10.5. The van der Waals surface area contributed by atoms with E-state index in [-0.39, 0.29) is 5.84 Å². The summed E-state index contributed by atoms with van der Waals surface area (Å²) in [5.41, 5.74) is 7.76. The number of nitrogens with zero attached hydrogens (tertiary/aromatic N) is 1. The van der Waals surface area contributed by atoms with E-state index < -0.39 is 0 Å². The molecule has 0 bridgehead atoms. The second kappa shape index (κ2) is 6.52. The Balaban J connectivity index is 2.19. The first-order valence-electron chi connectivity index (χ1n) is 6.60. The van der Waals surface area contributed by atoms with Gasteiger partial charge in [0.2, 0.25) is 0 Å². The smallest absolute Gasteiger partial charge is 0.135 e. The van der Waals surface area contributed by atoms with Crippen LogP contribution in [0.5, 0.6) is 5.75 Å². The molecule has 2 aromatic rings. The minimum Gasteiger partial charge on any atom is -0.497 e. The van der Waals surface area contributed by atoms with Crippen LogP contribution in [-0.2, 0) is 12.8 Å². The topological polar surface area (TPSA) is 72.0 Å². The molecule has 0 saturated carbocycles. The highest BCUT2D eigenvalue weighted by Crippen LogP contribution is 2.23. The molecule has 20 heavy (non-hydrogen) atoms. The zero-order valence-corrected chi connectivity index (χ0v) is 12.6. The van der Waals surface area contributed by atoms with Crippen LogP contribution >= 0.6 is 11.3 Å². The zero-order valence-electron chi connectivity index (χ0n) is 11.8. The summed E-state index contributed by atoms with van der Waals surface area (Å²) in [4.78, 5) is 5.44. The Morgan fingerprint density at radius 2 is 2.05 bits per heavy atom. The van der Waals surface area contributed by atoms with Crippen LogP contribution in [-0.4, -0.2) is 17.9 Å². The largest absolute Gasteiger partial charge is 0.497 e. The second-order valence-electron chi connectivity index (χ2n) is 4.57. The molecule has 0 unspecified atom stereocenters. The maximum Gasteiger partial charge on any atom is 0.135 e. The van der Waals surface area contributed by atoms with Crippen molar-refractivity contribution in [2.75, 3.05) is 7.11 Å². The number of rotatable bonds is 6. The molecule has 0 spiro atoms. The van der Waals surface area contributed by atoms with E-state index in [1.165, 1.54) is 16.9 Å². The van der Waals surface area contributed by atoms with Crippen LogP contribution in [0.25, 0.3) is 0 Å². The summed E-state index contributed by atoms with van der Waals surface area (Å²) in [5.74, 6) is 0.968. The summed E-state index contributed by atoms with van der Waals surface area (Å²) in [6, 6.07) is 7.96. The number of nitrogens with two attached hydrogens (primary N) is 1. The molecule has 1 aromatic heterocycles. The SMILES string of the molecule is CCCc1nc(Cc2ccc(OC)cc2)sc1C(=N)N. The lowest BCUT2D eigenvalue weighted by Crippen LogP contribution is -2.11. The highest BCUT2D eigenvalue weighted by molar-refractivity contribution is 7.13. The van der Waals surface area contributed by atoms with E-state index >= 15 is 0 Å². The molecule has 106 valence electrons. The molecule has 4 nitrogen and oxygen atoms in total. The van der Waals surface area contributed by atoms with Crippen molar-refractivity contribution in [3.05, 3.63) is 45.4 Å². The maximum atomic E-state index is 7.63. The summed E-state index contributed by atoms with van der Waals surface area (Å²) in [6.45, 7) is 2.10. The lowest BCUT2D eigenvalue weighted by atomic mass is 10.1. The minimum atomic E-state index is 0.118. The standard InChI is InChI=1S/C15H19N3OS/c1-3-4-12-14(15(16)17)20-13(18-12)9-10-5-7-11(19-2)8-6-10/h5-8H,3-4,9H2,1-2H3,(H3,16,17). The van der Waals surface area contributed by atoms with E-state index in [1.54, 1.807) is 7.11 Å². The molecular formula is C15H19N3OS. The molecule has 2 rings (SSSR count). The van der Waals surface area contributed by atoms with Crippen molar-refractivity contribution >= 4 is 17.2 Å². The molecule has 0 amide bonds. The lowest BCUT2D eigenvalue weighted by Gasteiger charge is -2.01. The van der Waals surface area contributed by atoms with Crippen molar-refractivity contribution in [1.29, 1.82) is 5.41 Å². The van der Waals surface area contributed by atoms with E-state index in [4.69, 9.17) is 15.9 Å². The summed E-state index contributed by atoms with van der Waals surface area (Å²) in [7, 11) is 1.66. The molecule has 5 heteroatoms. The van der Waals surface area contributed by atoms with Gasteiger partial charge in [-0.05, 0) is 24.1 Å². The van der Waals surface area contributed by atoms with Crippen LogP contribution in [0.4, 0.5) is 0 Å². The number of amidine groups is 1. The van der Waals surface area contributed by atoms with E-state index in [9.17, 15) is 0 Å². The number of ether oxygens (including phenoxy) is 1. The van der Waals surface area contributed by atoms with Gasteiger partial charge in [-0.25, -0.2) is 4.98 Å². The molecule has 0 aliphatic carbocycles. The number of nitrogen functional groups attached to an aromatic ring is 1. The predicted molar refractivity (Wildman–Crippen MR) is 82.9 cm³/mol. The summed E-state index contributed by atoms with van der Waals surface area (Å²) < 4.78 is 5.15. The van der Waals surface area contributed by atoms with E-state index in [0.29, 0.717) is 0 Å². The zero-order chi connectivity index (χ0) is 14.5. The van der Waals surface area contributed by atoms with E-state index in [1.807, 2.05) is 24.3 Å². The maximum absolute atomic E-state index is 7.63. The van der Waals surface area contributed by atoms with Crippen LogP contribution in [0.1, 0.15) is 34.5 Å². The molecule has 0 fully saturated rings. The highest BCUT2D eigenvalue weighted by atomic mass is 32.1. The van der Waals surface area contributed by atoms with Gasteiger partial charge < -0.3 is 10.5 Å². The third-order valence-corrected chi connectivity index (χ3v) is 4.12. The molecule has 0 aliphatic rings. The van der Waals surface area contributed by atoms with Crippen molar-refractivity contribution < 1.29 is 4.74 Å².